The maximum absolute atomic E-state index is 12.5. The van der Waals surface area contributed by atoms with Gasteiger partial charge in [-0.2, -0.15) is 0 Å². The van der Waals surface area contributed by atoms with Crippen molar-refractivity contribution in [2.45, 2.75) is 38.5 Å². The highest BCUT2D eigenvalue weighted by Crippen LogP contribution is 2.28. The van der Waals surface area contributed by atoms with Gasteiger partial charge in [-0.3, -0.25) is 9.59 Å². The van der Waals surface area contributed by atoms with Crippen molar-refractivity contribution < 1.29 is 14.3 Å². The Balaban J connectivity index is 1.59. The van der Waals surface area contributed by atoms with Gasteiger partial charge in [0, 0.05) is 30.6 Å². The summed E-state index contributed by atoms with van der Waals surface area (Å²) in [6.45, 7) is 2.07. The smallest absolute Gasteiger partial charge is 0.251 e. The maximum Gasteiger partial charge on any atom is 0.251 e. The first kappa shape index (κ1) is 19.5. The van der Waals surface area contributed by atoms with Gasteiger partial charge in [0.2, 0.25) is 0 Å². The van der Waals surface area contributed by atoms with Crippen LogP contribution in [0.15, 0.2) is 42.5 Å². The summed E-state index contributed by atoms with van der Waals surface area (Å²) in [6.07, 6.45) is 5.90. The molecule has 1 aliphatic carbocycles. The third kappa shape index (κ3) is 5.37. The molecule has 0 spiro atoms. The van der Waals surface area contributed by atoms with Gasteiger partial charge in [-0.15, -0.1) is 0 Å². The van der Waals surface area contributed by atoms with Gasteiger partial charge < -0.3 is 15.4 Å². The van der Waals surface area contributed by atoms with Crippen LogP contribution in [0.2, 0.25) is 0 Å². The van der Waals surface area contributed by atoms with Crippen LogP contribution in [-0.2, 0) is 6.42 Å². The van der Waals surface area contributed by atoms with Crippen molar-refractivity contribution in [2.24, 2.45) is 5.92 Å². The van der Waals surface area contributed by atoms with Gasteiger partial charge in [0.1, 0.15) is 5.75 Å². The molecule has 0 aromatic heterocycles. The SMILES string of the molecule is O=C1NCCCCCOc2ccc(C(=O)NCC3CC3)cc2Cc2cccc1c2. The average molecular weight is 392 g/mol. The summed E-state index contributed by atoms with van der Waals surface area (Å²) >= 11 is 0. The average Bonchev–Trinajstić information content (AvgIpc) is 3.56. The highest BCUT2D eigenvalue weighted by atomic mass is 16.5. The number of carbonyl (C=O) groups excluding carboxylic acids is 2. The minimum absolute atomic E-state index is 0.0337. The number of carbonyl (C=O) groups is 2. The lowest BCUT2D eigenvalue weighted by Crippen LogP contribution is -2.25. The lowest BCUT2D eigenvalue weighted by Gasteiger charge is -2.15. The highest BCUT2D eigenvalue weighted by Gasteiger charge is 2.22. The monoisotopic (exact) mass is 392 g/mol. The van der Waals surface area contributed by atoms with Gasteiger partial charge in [0.15, 0.2) is 0 Å². The van der Waals surface area contributed by atoms with Crippen LogP contribution in [0, 0.1) is 5.92 Å². The van der Waals surface area contributed by atoms with Crippen molar-refractivity contribution in [1.82, 2.24) is 10.6 Å². The van der Waals surface area contributed by atoms with E-state index < -0.39 is 0 Å². The van der Waals surface area contributed by atoms with E-state index in [2.05, 4.69) is 10.6 Å². The van der Waals surface area contributed by atoms with E-state index in [1.807, 2.05) is 42.5 Å². The molecule has 0 unspecified atom stereocenters. The Morgan fingerprint density at radius 3 is 2.86 bits per heavy atom. The fraction of sp³-hybridized carbons (Fsp3) is 0.417. The second kappa shape index (κ2) is 9.12. The molecule has 2 N–H and O–H groups in total. The van der Waals surface area contributed by atoms with E-state index in [1.165, 1.54) is 12.8 Å². The molecule has 2 amide bonds. The van der Waals surface area contributed by atoms with Crippen LogP contribution in [0.5, 0.6) is 5.75 Å². The van der Waals surface area contributed by atoms with Crippen molar-refractivity contribution in [3.05, 3.63) is 64.7 Å². The Bertz CT molecular complexity index is 889. The third-order valence-corrected chi connectivity index (χ3v) is 5.52. The van der Waals surface area contributed by atoms with Crippen molar-refractivity contribution >= 4 is 11.8 Å². The van der Waals surface area contributed by atoms with E-state index in [9.17, 15) is 9.59 Å². The quantitative estimate of drug-likeness (QED) is 0.837. The van der Waals surface area contributed by atoms with Gasteiger partial charge in [0.25, 0.3) is 11.8 Å². The summed E-state index contributed by atoms with van der Waals surface area (Å²) in [6, 6.07) is 13.3. The molecule has 2 aromatic rings. The largest absolute Gasteiger partial charge is 0.493 e. The normalized spacial score (nSPS) is 17.3. The number of rotatable bonds is 3. The summed E-state index contributed by atoms with van der Waals surface area (Å²) in [7, 11) is 0. The van der Waals surface area contributed by atoms with Gasteiger partial charge >= 0.3 is 0 Å². The number of nitrogens with one attached hydrogen (secondary N) is 2. The first-order valence-electron chi connectivity index (χ1n) is 10.6. The molecule has 1 heterocycles. The summed E-state index contributed by atoms with van der Waals surface area (Å²) in [5.41, 5.74) is 3.32. The number of fused-ring (bicyclic) bond motifs is 3. The molecule has 152 valence electrons. The van der Waals surface area contributed by atoms with Gasteiger partial charge in [-0.1, -0.05) is 12.1 Å². The van der Waals surface area contributed by atoms with E-state index in [0.717, 1.165) is 42.7 Å². The Morgan fingerprint density at radius 2 is 2.00 bits per heavy atom. The molecule has 1 aliphatic heterocycles. The van der Waals surface area contributed by atoms with Crippen LogP contribution in [0.3, 0.4) is 0 Å². The maximum atomic E-state index is 12.5. The minimum atomic E-state index is -0.0350. The first-order chi connectivity index (χ1) is 14.2. The van der Waals surface area contributed by atoms with Crippen LogP contribution in [0.1, 0.15) is 63.9 Å². The van der Waals surface area contributed by atoms with E-state index in [1.54, 1.807) is 0 Å². The molecular weight excluding hydrogens is 364 g/mol. The zero-order valence-electron chi connectivity index (χ0n) is 16.7. The van der Waals surface area contributed by atoms with E-state index in [0.29, 0.717) is 36.6 Å². The summed E-state index contributed by atoms with van der Waals surface area (Å²) in [5, 5.41) is 6.01. The van der Waals surface area contributed by atoms with Crippen LogP contribution < -0.4 is 15.4 Å². The molecule has 0 radical (unpaired) electrons. The highest BCUT2D eigenvalue weighted by molar-refractivity contribution is 5.95. The molecule has 1 fully saturated rings. The Kier molecular flexibility index (Phi) is 6.13. The van der Waals surface area contributed by atoms with Crippen LogP contribution in [0.25, 0.3) is 0 Å². The Morgan fingerprint density at radius 1 is 1.10 bits per heavy atom. The number of benzene rings is 2. The lowest BCUT2D eigenvalue weighted by atomic mass is 9.99. The molecule has 1 saturated carbocycles. The number of ether oxygens (including phenoxy) is 1. The van der Waals surface area contributed by atoms with Crippen LogP contribution >= 0.6 is 0 Å². The fourth-order valence-electron chi connectivity index (χ4n) is 3.59. The molecule has 5 heteroatoms. The van der Waals surface area contributed by atoms with Crippen LogP contribution in [0.4, 0.5) is 0 Å². The molecule has 2 aromatic carbocycles. The van der Waals surface area contributed by atoms with E-state index in [-0.39, 0.29) is 11.8 Å². The Hall–Kier alpha value is -2.82. The molecule has 4 rings (SSSR count). The molecule has 2 bridgehead atoms. The van der Waals surface area contributed by atoms with E-state index in [4.69, 9.17) is 4.74 Å². The van der Waals surface area contributed by atoms with Gasteiger partial charge in [-0.25, -0.2) is 0 Å². The number of amides is 2. The minimum Gasteiger partial charge on any atom is -0.493 e. The van der Waals surface area contributed by atoms with E-state index >= 15 is 0 Å². The topological polar surface area (TPSA) is 67.4 Å². The van der Waals surface area contributed by atoms with Crippen LogP contribution in [-0.4, -0.2) is 31.5 Å². The lowest BCUT2D eigenvalue weighted by molar-refractivity contribution is 0.0944. The Labute approximate surface area is 171 Å². The second-order valence-electron chi connectivity index (χ2n) is 8.02. The summed E-state index contributed by atoms with van der Waals surface area (Å²) < 4.78 is 6.05. The van der Waals surface area contributed by atoms with Crippen molar-refractivity contribution in [3.63, 3.8) is 0 Å². The standard InChI is InChI=1S/C24H28N2O3/c27-23-19-6-4-5-18(13-19)14-21-15-20(24(28)26-16-17-7-8-17)9-10-22(21)29-12-3-1-2-11-25-23/h4-6,9-10,13,15,17H,1-3,7-8,11-12,14,16H2,(H,25,27)(H,26,28). The molecule has 29 heavy (non-hydrogen) atoms. The van der Waals surface area contributed by atoms with Gasteiger partial charge in [-0.05, 0) is 79.5 Å². The predicted octanol–water partition coefficient (Wildman–Crippen LogP) is 3.71. The molecule has 5 nitrogen and oxygen atoms in total. The molecule has 0 saturated heterocycles. The third-order valence-electron chi connectivity index (χ3n) is 5.52. The van der Waals surface area contributed by atoms with Gasteiger partial charge in [0.05, 0.1) is 6.61 Å². The van der Waals surface area contributed by atoms with Crippen molar-refractivity contribution in [2.75, 3.05) is 19.7 Å². The van der Waals surface area contributed by atoms with Crippen molar-refractivity contribution in [3.8, 4) is 5.75 Å². The first-order valence-corrected chi connectivity index (χ1v) is 10.6. The summed E-state index contributed by atoms with van der Waals surface area (Å²) in [5.74, 6) is 1.39. The molecule has 2 aliphatic rings. The zero-order chi connectivity index (χ0) is 20.1. The predicted molar refractivity (Wildman–Crippen MR) is 112 cm³/mol. The number of hydrogen-bond donors (Lipinski definition) is 2. The number of hydrogen-bond acceptors (Lipinski definition) is 3. The summed E-state index contributed by atoms with van der Waals surface area (Å²) in [4.78, 5) is 24.9. The molecular formula is C24H28N2O3. The zero-order valence-corrected chi connectivity index (χ0v) is 16.7. The van der Waals surface area contributed by atoms with Crippen molar-refractivity contribution in [1.29, 1.82) is 0 Å². The molecule has 0 atom stereocenters. The second-order valence-corrected chi connectivity index (χ2v) is 8.02. The fourth-order valence-corrected chi connectivity index (χ4v) is 3.59.